The fraction of sp³-hybridized carbons (Fsp3) is 0.267. The molecular weight excluding hydrogens is 270 g/mol. The van der Waals surface area contributed by atoms with Crippen molar-refractivity contribution in [3.05, 3.63) is 58.1 Å². The molecule has 1 aromatic carbocycles. The minimum absolute atomic E-state index is 0.0329. The van der Waals surface area contributed by atoms with Crippen molar-refractivity contribution in [3.8, 4) is 5.88 Å². The first-order valence-electron chi connectivity index (χ1n) is 6.70. The number of benzene rings is 1. The van der Waals surface area contributed by atoms with Crippen molar-refractivity contribution in [2.45, 2.75) is 18.4 Å². The van der Waals surface area contributed by atoms with E-state index < -0.39 is 4.92 Å². The maximum atomic E-state index is 11.1. The molecule has 1 fully saturated rings. The Hall–Kier alpha value is -2.63. The van der Waals surface area contributed by atoms with Gasteiger partial charge < -0.3 is 10.1 Å². The second-order valence-electron chi connectivity index (χ2n) is 4.98. The van der Waals surface area contributed by atoms with Crippen LogP contribution in [0.4, 0.5) is 11.5 Å². The largest absolute Gasteiger partial charge is 0.481 e. The normalized spacial score (nSPS) is 19.9. The van der Waals surface area contributed by atoms with E-state index in [-0.39, 0.29) is 17.5 Å². The van der Waals surface area contributed by atoms with Crippen LogP contribution in [-0.2, 0) is 0 Å². The van der Waals surface area contributed by atoms with Crippen LogP contribution < -0.4 is 10.1 Å². The van der Waals surface area contributed by atoms with Gasteiger partial charge in [-0.3, -0.25) is 10.1 Å². The first kappa shape index (κ1) is 13.4. The molecule has 1 aliphatic carbocycles. The summed E-state index contributed by atoms with van der Waals surface area (Å²) in [5, 5.41) is 14.2. The highest BCUT2D eigenvalue weighted by molar-refractivity contribution is 5.59. The molecular formula is C15H15N3O3. The second kappa shape index (κ2) is 5.40. The number of pyridine rings is 1. The zero-order chi connectivity index (χ0) is 14.8. The van der Waals surface area contributed by atoms with Gasteiger partial charge in [-0.15, -0.1) is 0 Å². The Labute approximate surface area is 121 Å². The van der Waals surface area contributed by atoms with Gasteiger partial charge in [0.2, 0.25) is 11.7 Å². The van der Waals surface area contributed by atoms with E-state index in [0.29, 0.717) is 11.8 Å². The summed E-state index contributed by atoms with van der Waals surface area (Å²) in [6.45, 7) is 0. The zero-order valence-electron chi connectivity index (χ0n) is 11.5. The second-order valence-corrected chi connectivity index (χ2v) is 4.98. The van der Waals surface area contributed by atoms with E-state index in [9.17, 15) is 10.1 Å². The summed E-state index contributed by atoms with van der Waals surface area (Å²) in [6.07, 6.45) is 0.945. The van der Waals surface area contributed by atoms with Crippen LogP contribution in [0.3, 0.4) is 0 Å². The number of methoxy groups -OCH3 is 1. The van der Waals surface area contributed by atoms with Gasteiger partial charge in [0.25, 0.3) is 0 Å². The lowest BCUT2D eigenvalue weighted by Gasteiger charge is -2.07. The van der Waals surface area contributed by atoms with E-state index in [1.807, 2.05) is 18.2 Å². The topological polar surface area (TPSA) is 77.3 Å². The summed E-state index contributed by atoms with van der Waals surface area (Å²) >= 11 is 0. The molecule has 1 aromatic heterocycles. The van der Waals surface area contributed by atoms with Crippen LogP contribution in [0, 0.1) is 10.1 Å². The summed E-state index contributed by atoms with van der Waals surface area (Å²) in [7, 11) is 1.49. The Kier molecular flexibility index (Phi) is 3.43. The van der Waals surface area contributed by atoms with Gasteiger partial charge in [-0.1, -0.05) is 30.3 Å². The smallest absolute Gasteiger partial charge is 0.311 e. The molecule has 0 radical (unpaired) electrons. The molecule has 1 N–H and O–H groups in total. The summed E-state index contributed by atoms with van der Waals surface area (Å²) in [6, 6.07) is 13.2. The standard InChI is InChI=1S/C15H15N3O3/c1-21-14-8-7-13(18(19)20)15(17-14)16-12-9-11(12)10-5-3-2-4-6-10/h2-8,11-12H,9H2,1H3,(H,16,17). The Morgan fingerprint density at radius 1 is 1.29 bits per heavy atom. The van der Waals surface area contributed by atoms with E-state index >= 15 is 0 Å². The number of nitrogens with zero attached hydrogens (tertiary/aromatic N) is 2. The Bertz CT molecular complexity index is 660. The number of hydrogen-bond acceptors (Lipinski definition) is 5. The predicted molar refractivity (Wildman–Crippen MR) is 78.7 cm³/mol. The van der Waals surface area contributed by atoms with Crippen molar-refractivity contribution in [2.75, 3.05) is 12.4 Å². The summed E-state index contributed by atoms with van der Waals surface area (Å²) in [4.78, 5) is 14.8. The lowest BCUT2D eigenvalue weighted by Crippen LogP contribution is -2.09. The third-order valence-corrected chi connectivity index (χ3v) is 3.59. The van der Waals surface area contributed by atoms with Gasteiger partial charge in [0.1, 0.15) is 0 Å². The fourth-order valence-electron chi connectivity index (χ4n) is 2.40. The van der Waals surface area contributed by atoms with Crippen molar-refractivity contribution in [1.82, 2.24) is 4.98 Å². The van der Waals surface area contributed by atoms with E-state index in [0.717, 1.165) is 6.42 Å². The van der Waals surface area contributed by atoms with Crippen molar-refractivity contribution in [1.29, 1.82) is 0 Å². The van der Waals surface area contributed by atoms with Crippen LogP contribution in [0.2, 0.25) is 0 Å². The molecule has 6 nitrogen and oxygen atoms in total. The van der Waals surface area contributed by atoms with Gasteiger partial charge in [-0.25, -0.2) is 0 Å². The third-order valence-electron chi connectivity index (χ3n) is 3.59. The van der Waals surface area contributed by atoms with E-state index in [1.54, 1.807) is 0 Å². The summed E-state index contributed by atoms with van der Waals surface area (Å²) in [5.41, 5.74) is 1.20. The van der Waals surface area contributed by atoms with E-state index in [4.69, 9.17) is 4.74 Å². The molecule has 108 valence electrons. The number of nitro groups is 1. The summed E-state index contributed by atoms with van der Waals surface area (Å²) < 4.78 is 5.03. The molecule has 0 saturated heterocycles. The number of ether oxygens (including phenoxy) is 1. The van der Waals surface area contributed by atoms with Crippen LogP contribution in [-0.4, -0.2) is 23.1 Å². The highest BCUT2D eigenvalue weighted by atomic mass is 16.6. The quantitative estimate of drug-likeness (QED) is 0.675. The minimum atomic E-state index is -0.436. The number of anilines is 1. The van der Waals surface area contributed by atoms with Crippen LogP contribution in [0.5, 0.6) is 5.88 Å². The molecule has 0 amide bonds. The number of nitrogens with one attached hydrogen (secondary N) is 1. The number of aromatic nitrogens is 1. The first-order chi connectivity index (χ1) is 10.2. The highest BCUT2D eigenvalue weighted by Crippen LogP contribution is 2.43. The molecule has 0 aliphatic heterocycles. The van der Waals surface area contributed by atoms with Crippen LogP contribution >= 0.6 is 0 Å². The molecule has 2 atom stereocenters. The molecule has 0 bridgehead atoms. The molecule has 1 saturated carbocycles. The monoisotopic (exact) mass is 285 g/mol. The Balaban J connectivity index is 1.78. The molecule has 3 rings (SSSR count). The number of hydrogen-bond donors (Lipinski definition) is 1. The van der Waals surface area contributed by atoms with Crippen molar-refractivity contribution in [2.24, 2.45) is 0 Å². The average molecular weight is 285 g/mol. The van der Waals surface area contributed by atoms with Crippen molar-refractivity contribution in [3.63, 3.8) is 0 Å². The SMILES string of the molecule is COc1ccc([N+](=O)[O-])c(NC2CC2c2ccccc2)n1. The molecule has 1 aliphatic rings. The molecule has 2 aromatic rings. The summed E-state index contributed by atoms with van der Waals surface area (Å²) in [5.74, 6) is 1.00. The van der Waals surface area contributed by atoms with Crippen LogP contribution in [0.1, 0.15) is 17.9 Å². The first-order valence-corrected chi connectivity index (χ1v) is 6.70. The molecule has 2 unspecified atom stereocenters. The molecule has 1 heterocycles. The Morgan fingerprint density at radius 2 is 2.05 bits per heavy atom. The molecule has 6 heteroatoms. The molecule has 21 heavy (non-hydrogen) atoms. The maximum absolute atomic E-state index is 11.1. The van der Waals surface area contributed by atoms with Crippen molar-refractivity contribution >= 4 is 11.5 Å². The van der Waals surface area contributed by atoms with Gasteiger partial charge in [0.05, 0.1) is 12.0 Å². The van der Waals surface area contributed by atoms with Crippen LogP contribution in [0.25, 0.3) is 0 Å². The number of rotatable bonds is 5. The average Bonchev–Trinajstić information content (AvgIpc) is 3.27. The predicted octanol–water partition coefficient (Wildman–Crippen LogP) is 2.97. The third kappa shape index (κ3) is 2.79. The minimum Gasteiger partial charge on any atom is -0.481 e. The van der Waals surface area contributed by atoms with Gasteiger partial charge in [-0.2, -0.15) is 4.98 Å². The van der Waals surface area contributed by atoms with Gasteiger partial charge >= 0.3 is 5.69 Å². The Morgan fingerprint density at radius 3 is 2.71 bits per heavy atom. The van der Waals surface area contributed by atoms with Gasteiger partial charge in [0.15, 0.2) is 0 Å². The maximum Gasteiger partial charge on any atom is 0.311 e. The van der Waals surface area contributed by atoms with Gasteiger partial charge in [0, 0.05) is 24.1 Å². The lowest BCUT2D eigenvalue weighted by molar-refractivity contribution is -0.384. The fourth-order valence-corrected chi connectivity index (χ4v) is 2.40. The van der Waals surface area contributed by atoms with Crippen molar-refractivity contribution < 1.29 is 9.66 Å². The van der Waals surface area contributed by atoms with E-state index in [2.05, 4.69) is 22.4 Å². The lowest BCUT2D eigenvalue weighted by atomic mass is 10.1. The van der Waals surface area contributed by atoms with Gasteiger partial charge in [-0.05, 0) is 12.0 Å². The van der Waals surface area contributed by atoms with E-state index in [1.165, 1.54) is 24.8 Å². The van der Waals surface area contributed by atoms with Crippen LogP contribution in [0.15, 0.2) is 42.5 Å². The molecule has 0 spiro atoms. The highest BCUT2D eigenvalue weighted by Gasteiger charge is 2.39. The zero-order valence-corrected chi connectivity index (χ0v) is 11.5.